The molecule has 0 spiro atoms. The molecule has 0 aliphatic carbocycles. The first-order valence-corrected chi connectivity index (χ1v) is 5.87. The Morgan fingerprint density at radius 2 is 1.94 bits per heavy atom. The Balaban J connectivity index is 2.75. The van der Waals surface area contributed by atoms with Gasteiger partial charge in [0.1, 0.15) is 5.75 Å². The van der Waals surface area contributed by atoms with Crippen LogP contribution < -0.4 is 10.1 Å². The highest BCUT2D eigenvalue weighted by atomic mass is 16.5. The Hall–Kier alpha value is -1.53. The topological polar surface area (TPSA) is 45.0 Å². The smallest absolute Gasteiger partial charge is 0.125 e. The number of hydrogen-bond donors (Lipinski definition) is 1. The lowest BCUT2D eigenvalue weighted by Gasteiger charge is -2.16. The second-order valence-electron chi connectivity index (χ2n) is 4.52. The van der Waals surface area contributed by atoms with Gasteiger partial charge in [-0.05, 0) is 44.2 Å². The maximum Gasteiger partial charge on any atom is 0.125 e. The number of hydrogen-bond acceptors (Lipinski definition) is 3. The van der Waals surface area contributed by atoms with Gasteiger partial charge in [-0.1, -0.05) is 6.92 Å². The summed E-state index contributed by atoms with van der Waals surface area (Å²) >= 11 is 0. The highest BCUT2D eigenvalue weighted by Gasteiger charge is 2.08. The van der Waals surface area contributed by atoms with Crippen molar-refractivity contribution in [2.75, 3.05) is 20.2 Å². The molecule has 1 aromatic carbocycles. The first-order valence-electron chi connectivity index (χ1n) is 5.87. The van der Waals surface area contributed by atoms with E-state index in [9.17, 15) is 0 Å². The molecule has 0 aliphatic heterocycles. The lowest BCUT2D eigenvalue weighted by atomic mass is 10.1. The van der Waals surface area contributed by atoms with Crippen LogP contribution in [-0.2, 0) is 0 Å². The lowest BCUT2D eigenvalue weighted by molar-refractivity contribution is 0.255. The summed E-state index contributed by atoms with van der Waals surface area (Å²) in [5, 5.41) is 12.0. The van der Waals surface area contributed by atoms with E-state index in [1.165, 1.54) is 0 Å². The Labute approximate surface area is 103 Å². The average Bonchev–Trinajstić information content (AvgIpc) is 2.28. The zero-order valence-electron chi connectivity index (χ0n) is 11.0. The molecule has 0 radical (unpaired) electrons. The van der Waals surface area contributed by atoms with E-state index in [0.29, 0.717) is 18.1 Å². The summed E-state index contributed by atoms with van der Waals surface area (Å²) in [5.41, 5.74) is 2.74. The van der Waals surface area contributed by atoms with Crippen LogP contribution in [0, 0.1) is 31.1 Å². The molecule has 3 heteroatoms. The van der Waals surface area contributed by atoms with E-state index >= 15 is 0 Å². The van der Waals surface area contributed by atoms with Gasteiger partial charge in [0.2, 0.25) is 0 Å². The third-order valence-electron chi connectivity index (χ3n) is 2.65. The normalized spacial score (nSPS) is 11.9. The van der Waals surface area contributed by atoms with Gasteiger partial charge in [0.15, 0.2) is 0 Å². The summed E-state index contributed by atoms with van der Waals surface area (Å²) in [7, 11) is 1.94. The Morgan fingerprint density at radius 1 is 1.35 bits per heavy atom. The van der Waals surface area contributed by atoms with Crippen molar-refractivity contribution in [3.63, 3.8) is 0 Å². The molecule has 0 aliphatic rings. The van der Waals surface area contributed by atoms with Crippen molar-refractivity contribution in [2.24, 2.45) is 5.92 Å². The number of nitrogens with one attached hydrogen (secondary N) is 1. The number of benzene rings is 1. The molecule has 92 valence electrons. The van der Waals surface area contributed by atoms with Crippen LogP contribution in [0.2, 0.25) is 0 Å². The number of nitrogens with zero attached hydrogens (tertiary/aromatic N) is 1. The van der Waals surface area contributed by atoms with Gasteiger partial charge in [0.05, 0.1) is 18.2 Å². The van der Waals surface area contributed by atoms with E-state index in [0.717, 1.165) is 23.4 Å². The van der Waals surface area contributed by atoms with Crippen LogP contribution in [0.3, 0.4) is 0 Å². The average molecular weight is 232 g/mol. The van der Waals surface area contributed by atoms with Gasteiger partial charge < -0.3 is 10.1 Å². The molecule has 0 saturated carbocycles. The summed E-state index contributed by atoms with van der Waals surface area (Å²) < 4.78 is 5.83. The zero-order valence-corrected chi connectivity index (χ0v) is 11.0. The highest BCUT2D eigenvalue weighted by molar-refractivity contribution is 5.47. The molecule has 1 rings (SSSR count). The molecule has 3 nitrogen and oxygen atoms in total. The fourth-order valence-electron chi connectivity index (χ4n) is 1.88. The first kappa shape index (κ1) is 13.5. The monoisotopic (exact) mass is 232 g/mol. The number of nitriles is 1. The van der Waals surface area contributed by atoms with Gasteiger partial charge in [0.25, 0.3) is 0 Å². The fraction of sp³-hybridized carbons (Fsp3) is 0.500. The van der Waals surface area contributed by atoms with Crippen molar-refractivity contribution in [2.45, 2.75) is 20.8 Å². The molecule has 17 heavy (non-hydrogen) atoms. The second-order valence-corrected chi connectivity index (χ2v) is 4.52. The molecule has 1 N–H and O–H groups in total. The van der Waals surface area contributed by atoms with Crippen molar-refractivity contribution in [1.82, 2.24) is 5.32 Å². The van der Waals surface area contributed by atoms with Gasteiger partial charge in [-0.2, -0.15) is 5.26 Å². The Kier molecular flexibility index (Phi) is 4.99. The predicted molar refractivity (Wildman–Crippen MR) is 69.2 cm³/mol. The maximum atomic E-state index is 8.87. The third-order valence-corrected chi connectivity index (χ3v) is 2.65. The molecular formula is C14H20N2O. The zero-order chi connectivity index (χ0) is 12.8. The molecule has 0 heterocycles. The van der Waals surface area contributed by atoms with Crippen LogP contribution in [0.1, 0.15) is 23.6 Å². The number of ether oxygens (including phenoxy) is 1. The lowest BCUT2D eigenvalue weighted by Crippen LogP contribution is -2.22. The van der Waals surface area contributed by atoms with Crippen molar-refractivity contribution in [3.8, 4) is 11.8 Å². The van der Waals surface area contributed by atoms with Gasteiger partial charge in [-0.15, -0.1) is 0 Å². The van der Waals surface area contributed by atoms with E-state index < -0.39 is 0 Å². The minimum Gasteiger partial charge on any atom is -0.493 e. The van der Waals surface area contributed by atoms with E-state index in [2.05, 4.69) is 18.3 Å². The molecule has 0 bridgehead atoms. The largest absolute Gasteiger partial charge is 0.493 e. The van der Waals surface area contributed by atoms with Crippen LogP contribution in [0.4, 0.5) is 0 Å². The highest BCUT2D eigenvalue weighted by Crippen LogP contribution is 2.24. The molecule has 0 aromatic heterocycles. The summed E-state index contributed by atoms with van der Waals surface area (Å²) in [6.07, 6.45) is 0. The van der Waals surface area contributed by atoms with Crippen molar-refractivity contribution >= 4 is 0 Å². The van der Waals surface area contributed by atoms with E-state index in [1.807, 2.05) is 33.0 Å². The minimum absolute atomic E-state index is 0.467. The molecule has 0 fully saturated rings. The number of aryl methyl sites for hydroxylation is 2. The summed E-state index contributed by atoms with van der Waals surface area (Å²) in [4.78, 5) is 0. The van der Waals surface area contributed by atoms with Crippen LogP contribution in [0.5, 0.6) is 5.75 Å². The predicted octanol–water partition coefficient (Wildman–Crippen LogP) is 2.41. The van der Waals surface area contributed by atoms with Gasteiger partial charge in [-0.3, -0.25) is 0 Å². The Morgan fingerprint density at radius 3 is 2.41 bits per heavy atom. The maximum absolute atomic E-state index is 8.87. The van der Waals surface area contributed by atoms with Crippen molar-refractivity contribution in [3.05, 3.63) is 28.8 Å². The van der Waals surface area contributed by atoms with Crippen LogP contribution in [-0.4, -0.2) is 20.2 Å². The van der Waals surface area contributed by atoms with Crippen molar-refractivity contribution < 1.29 is 4.74 Å². The van der Waals surface area contributed by atoms with Crippen LogP contribution in [0.25, 0.3) is 0 Å². The summed E-state index contributed by atoms with van der Waals surface area (Å²) in [5.74, 6) is 1.38. The Bertz CT molecular complexity index is 398. The first-order chi connectivity index (χ1) is 8.08. The van der Waals surface area contributed by atoms with Crippen molar-refractivity contribution in [1.29, 1.82) is 5.26 Å². The van der Waals surface area contributed by atoms with E-state index in [-0.39, 0.29) is 0 Å². The van der Waals surface area contributed by atoms with Crippen LogP contribution in [0.15, 0.2) is 12.1 Å². The molecule has 1 atom stereocenters. The second kappa shape index (κ2) is 6.27. The van der Waals surface area contributed by atoms with E-state index in [1.54, 1.807) is 0 Å². The molecular weight excluding hydrogens is 212 g/mol. The number of rotatable bonds is 5. The molecule has 1 unspecified atom stereocenters. The third kappa shape index (κ3) is 3.76. The summed E-state index contributed by atoms with van der Waals surface area (Å²) in [6.45, 7) is 7.73. The summed E-state index contributed by atoms with van der Waals surface area (Å²) in [6, 6.07) is 5.89. The van der Waals surface area contributed by atoms with E-state index in [4.69, 9.17) is 10.00 Å². The van der Waals surface area contributed by atoms with Gasteiger partial charge in [0, 0.05) is 12.5 Å². The standard InChI is InChI=1S/C14H20N2O/c1-10(8-16-4)9-17-14-11(2)5-13(7-15)6-12(14)3/h5-6,10,16H,8-9H2,1-4H3. The SMILES string of the molecule is CNCC(C)COc1c(C)cc(C#N)cc1C. The van der Waals surface area contributed by atoms with Gasteiger partial charge >= 0.3 is 0 Å². The molecule has 0 saturated heterocycles. The van der Waals surface area contributed by atoms with Gasteiger partial charge in [-0.25, -0.2) is 0 Å². The minimum atomic E-state index is 0.467. The molecule has 1 aromatic rings. The van der Waals surface area contributed by atoms with Crippen LogP contribution >= 0.6 is 0 Å². The quantitative estimate of drug-likeness (QED) is 0.848. The fourth-order valence-corrected chi connectivity index (χ4v) is 1.88. The molecule has 0 amide bonds.